The molecule has 3 heterocycles. The van der Waals surface area contributed by atoms with Crippen molar-refractivity contribution in [2.45, 2.75) is 38.4 Å². The van der Waals surface area contributed by atoms with Crippen molar-refractivity contribution in [2.24, 2.45) is 0 Å². The minimum absolute atomic E-state index is 0.0127. The van der Waals surface area contributed by atoms with E-state index in [-0.39, 0.29) is 6.04 Å². The summed E-state index contributed by atoms with van der Waals surface area (Å²) < 4.78 is 1.09. The van der Waals surface area contributed by atoms with E-state index in [9.17, 15) is 4.79 Å². The second-order valence-electron chi connectivity index (χ2n) is 7.87. The molecule has 0 spiro atoms. The van der Waals surface area contributed by atoms with Crippen LogP contribution in [0.3, 0.4) is 0 Å². The third kappa shape index (κ3) is 3.16. The second-order valence-corrected chi connectivity index (χ2v) is 8.72. The molecule has 1 N–H and O–H groups in total. The van der Waals surface area contributed by atoms with Crippen molar-refractivity contribution in [1.29, 1.82) is 0 Å². The molecule has 1 aromatic heterocycles. The Bertz CT molecular complexity index is 1010. The first-order chi connectivity index (χ1) is 13.7. The standard InChI is InChI=1S/C23H24BrN3O/c24-19-9-4-8-17-18-15-27(13-11-20(18)25-22(17)19)23(28)21-10-5-12-26(21)14-16-6-2-1-3-7-16/h1-4,6-9,21,25H,5,10-15H2. The average Bonchev–Trinajstić information content (AvgIpc) is 3.33. The largest absolute Gasteiger partial charge is 0.357 e. The Hall–Kier alpha value is -2.11. The molecule has 1 saturated heterocycles. The maximum atomic E-state index is 13.4. The van der Waals surface area contributed by atoms with Gasteiger partial charge < -0.3 is 9.88 Å². The van der Waals surface area contributed by atoms with Gasteiger partial charge in [0.1, 0.15) is 0 Å². The van der Waals surface area contributed by atoms with E-state index in [1.807, 2.05) is 6.07 Å². The number of para-hydroxylation sites is 1. The van der Waals surface area contributed by atoms with Crippen LogP contribution in [0.5, 0.6) is 0 Å². The molecular formula is C23H24BrN3O. The first-order valence-corrected chi connectivity index (χ1v) is 10.8. The summed E-state index contributed by atoms with van der Waals surface area (Å²) in [6.07, 6.45) is 2.96. The summed E-state index contributed by atoms with van der Waals surface area (Å²) in [5.74, 6) is 0.295. The number of H-pyrrole nitrogens is 1. The van der Waals surface area contributed by atoms with E-state index in [0.717, 1.165) is 48.9 Å². The molecule has 1 unspecified atom stereocenters. The molecule has 144 valence electrons. The van der Waals surface area contributed by atoms with Crippen LogP contribution in [0.2, 0.25) is 0 Å². The van der Waals surface area contributed by atoms with Gasteiger partial charge in [-0.25, -0.2) is 0 Å². The number of likely N-dealkylation sites (tertiary alicyclic amines) is 1. The number of hydrogen-bond acceptors (Lipinski definition) is 2. The number of aromatic amines is 1. The smallest absolute Gasteiger partial charge is 0.240 e. The summed E-state index contributed by atoms with van der Waals surface area (Å²) in [5, 5.41) is 1.23. The third-order valence-electron chi connectivity index (χ3n) is 6.15. The highest BCUT2D eigenvalue weighted by Gasteiger charge is 2.35. The summed E-state index contributed by atoms with van der Waals surface area (Å²) in [6, 6.07) is 16.8. The predicted octanol–water partition coefficient (Wildman–Crippen LogP) is 4.48. The minimum atomic E-state index is 0.0127. The van der Waals surface area contributed by atoms with Crippen LogP contribution in [-0.2, 0) is 24.3 Å². The number of hydrogen-bond donors (Lipinski definition) is 1. The number of fused-ring (bicyclic) bond motifs is 3. The monoisotopic (exact) mass is 437 g/mol. The van der Waals surface area contributed by atoms with Crippen LogP contribution >= 0.6 is 15.9 Å². The molecule has 4 nitrogen and oxygen atoms in total. The topological polar surface area (TPSA) is 39.3 Å². The molecule has 1 atom stereocenters. The molecule has 1 fully saturated rings. The van der Waals surface area contributed by atoms with E-state index in [1.165, 1.54) is 22.2 Å². The first-order valence-electron chi connectivity index (χ1n) is 10.1. The van der Waals surface area contributed by atoms with Crippen LogP contribution in [0.15, 0.2) is 53.0 Å². The first kappa shape index (κ1) is 18.0. The lowest BCUT2D eigenvalue weighted by Gasteiger charge is -2.33. The van der Waals surface area contributed by atoms with Crippen molar-refractivity contribution in [3.63, 3.8) is 0 Å². The maximum absolute atomic E-state index is 13.4. The molecule has 5 rings (SSSR count). The molecule has 3 aromatic rings. The fraction of sp³-hybridized carbons (Fsp3) is 0.348. The van der Waals surface area contributed by atoms with Gasteiger partial charge in [-0.3, -0.25) is 9.69 Å². The molecule has 1 amide bonds. The molecule has 28 heavy (non-hydrogen) atoms. The summed E-state index contributed by atoms with van der Waals surface area (Å²) in [4.78, 5) is 21.4. The van der Waals surface area contributed by atoms with Crippen molar-refractivity contribution in [3.8, 4) is 0 Å². The summed E-state index contributed by atoms with van der Waals surface area (Å²) in [5.41, 5.74) is 4.99. The van der Waals surface area contributed by atoms with Crippen LogP contribution in [-0.4, -0.2) is 39.8 Å². The Morgan fingerprint density at radius 1 is 1.11 bits per heavy atom. The van der Waals surface area contributed by atoms with Crippen LogP contribution in [0.25, 0.3) is 10.9 Å². The minimum Gasteiger partial charge on any atom is -0.357 e. The number of nitrogens with one attached hydrogen (secondary N) is 1. The Labute approximate surface area is 173 Å². The highest BCUT2D eigenvalue weighted by molar-refractivity contribution is 9.10. The fourth-order valence-corrected chi connectivity index (χ4v) is 5.18. The summed E-state index contributed by atoms with van der Waals surface area (Å²) in [6.45, 7) is 3.37. The van der Waals surface area contributed by atoms with E-state index < -0.39 is 0 Å². The van der Waals surface area contributed by atoms with Gasteiger partial charge in [-0.15, -0.1) is 0 Å². The van der Waals surface area contributed by atoms with E-state index >= 15 is 0 Å². The second kappa shape index (κ2) is 7.37. The number of aromatic nitrogens is 1. The van der Waals surface area contributed by atoms with Crippen LogP contribution in [0.4, 0.5) is 0 Å². The molecule has 0 saturated carbocycles. The van der Waals surface area contributed by atoms with Gasteiger partial charge in [0.25, 0.3) is 0 Å². The molecular weight excluding hydrogens is 414 g/mol. The molecule has 0 bridgehead atoms. The van der Waals surface area contributed by atoms with Crippen molar-refractivity contribution in [2.75, 3.05) is 13.1 Å². The van der Waals surface area contributed by atoms with Gasteiger partial charge in [0.05, 0.1) is 11.6 Å². The van der Waals surface area contributed by atoms with Gasteiger partial charge in [0, 0.05) is 47.2 Å². The SMILES string of the molecule is O=C(C1CCCN1Cc1ccccc1)N1CCc2[nH]c3c(Br)cccc3c2C1. The lowest BCUT2D eigenvalue weighted by atomic mass is 10.0. The van der Waals surface area contributed by atoms with Crippen molar-refractivity contribution >= 4 is 32.7 Å². The van der Waals surface area contributed by atoms with E-state index in [4.69, 9.17) is 0 Å². The van der Waals surface area contributed by atoms with E-state index in [1.54, 1.807) is 0 Å². The third-order valence-corrected chi connectivity index (χ3v) is 6.81. The Balaban J connectivity index is 1.36. The van der Waals surface area contributed by atoms with Gasteiger partial charge in [-0.05, 0) is 46.9 Å². The molecule has 0 aliphatic carbocycles. The molecule has 2 aliphatic heterocycles. The quantitative estimate of drug-likeness (QED) is 0.655. The van der Waals surface area contributed by atoms with Gasteiger partial charge in [0.15, 0.2) is 0 Å². The van der Waals surface area contributed by atoms with Crippen molar-refractivity contribution in [3.05, 3.63) is 69.8 Å². The lowest BCUT2D eigenvalue weighted by molar-refractivity contribution is -0.137. The number of halogens is 1. The Morgan fingerprint density at radius 3 is 2.82 bits per heavy atom. The van der Waals surface area contributed by atoms with Crippen molar-refractivity contribution < 1.29 is 4.79 Å². The number of amides is 1. The highest BCUT2D eigenvalue weighted by atomic mass is 79.9. The number of nitrogens with zero attached hydrogens (tertiary/aromatic N) is 2. The zero-order valence-electron chi connectivity index (χ0n) is 15.8. The lowest BCUT2D eigenvalue weighted by Crippen LogP contribution is -2.47. The number of rotatable bonds is 3. The molecule has 0 radical (unpaired) electrons. The van der Waals surface area contributed by atoms with Crippen LogP contribution in [0.1, 0.15) is 29.7 Å². The van der Waals surface area contributed by atoms with E-state index in [0.29, 0.717) is 12.5 Å². The number of carbonyl (C=O) groups is 1. The summed E-state index contributed by atoms with van der Waals surface area (Å²) in [7, 11) is 0. The number of benzene rings is 2. The van der Waals surface area contributed by atoms with Crippen LogP contribution < -0.4 is 0 Å². The molecule has 2 aliphatic rings. The molecule has 2 aromatic carbocycles. The Morgan fingerprint density at radius 2 is 1.96 bits per heavy atom. The fourth-order valence-electron chi connectivity index (χ4n) is 4.71. The zero-order valence-corrected chi connectivity index (χ0v) is 17.4. The van der Waals surface area contributed by atoms with Crippen LogP contribution in [0, 0.1) is 0 Å². The maximum Gasteiger partial charge on any atom is 0.240 e. The average molecular weight is 438 g/mol. The summed E-state index contributed by atoms with van der Waals surface area (Å²) >= 11 is 3.64. The molecule has 5 heteroatoms. The Kier molecular flexibility index (Phi) is 4.73. The van der Waals surface area contributed by atoms with E-state index in [2.05, 4.69) is 73.2 Å². The van der Waals surface area contributed by atoms with Crippen molar-refractivity contribution in [1.82, 2.24) is 14.8 Å². The number of carbonyl (C=O) groups excluding carboxylic acids is 1. The van der Waals surface area contributed by atoms with Gasteiger partial charge in [-0.2, -0.15) is 0 Å². The van der Waals surface area contributed by atoms with Gasteiger partial charge in [0.2, 0.25) is 5.91 Å². The van der Waals surface area contributed by atoms with Gasteiger partial charge in [-0.1, -0.05) is 42.5 Å². The zero-order chi connectivity index (χ0) is 19.1. The normalized spacial score (nSPS) is 19.9. The van der Waals surface area contributed by atoms with Gasteiger partial charge >= 0.3 is 0 Å². The predicted molar refractivity (Wildman–Crippen MR) is 115 cm³/mol. The highest BCUT2D eigenvalue weighted by Crippen LogP contribution is 2.33.